The zero-order chi connectivity index (χ0) is 15.4. The maximum atomic E-state index is 6.11. The Kier molecular flexibility index (Phi) is 4.74. The van der Waals surface area contributed by atoms with Gasteiger partial charge in [-0.25, -0.2) is 0 Å². The van der Waals surface area contributed by atoms with E-state index in [0.29, 0.717) is 6.04 Å². The van der Waals surface area contributed by atoms with Gasteiger partial charge >= 0.3 is 0 Å². The van der Waals surface area contributed by atoms with E-state index < -0.39 is 0 Å². The summed E-state index contributed by atoms with van der Waals surface area (Å²) in [4.78, 5) is 7.03. The highest BCUT2D eigenvalue weighted by Crippen LogP contribution is 2.28. The molecule has 3 heteroatoms. The summed E-state index contributed by atoms with van der Waals surface area (Å²) in [5, 5.41) is 0. The van der Waals surface area contributed by atoms with Crippen LogP contribution < -0.4 is 5.73 Å². The van der Waals surface area contributed by atoms with Crippen LogP contribution in [-0.4, -0.2) is 29.0 Å². The topological polar surface area (TPSA) is 42.2 Å². The van der Waals surface area contributed by atoms with Crippen LogP contribution in [0.1, 0.15) is 30.2 Å². The van der Waals surface area contributed by atoms with Crippen LogP contribution in [-0.2, 0) is 19.3 Å². The Morgan fingerprint density at radius 2 is 2.14 bits per heavy atom. The van der Waals surface area contributed by atoms with Crippen LogP contribution in [0.15, 0.2) is 42.6 Å². The molecule has 1 unspecified atom stereocenters. The minimum atomic E-state index is 0.628. The van der Waals surface area contributed by atoms with Gasteiger partial charge in [0.25, 0.3) is 0 Å². The molecule has 1 aromatic heterocycles. The molecule has 0 amide bonds. The molecule has 1 heterocycles. The molecule has 1 aliphatic rings. The molecule has 1 aliphatic carbocycles. The van der Waals surface area contributed by atoms with Gasteiger partial charge in [0.2, 0.25) is 0 Å². The molecule has 0 saturated heterocycles. The standard InChI is InChI=1S/C19H25N3/c1-2-22(13-11-16-7-3-4-12-21-16)17-9-10-18-15(14-17)6-5-8-19(18)20/h3-8,12,17H,2,9-11,13-14,20H2,1H3. The van der Waals surface area contributed by atoms with Crippen molar-refractivity contribution < 1.29 is 0 Å². The van der Waals surface area contributed by atoms with Crippen LogP contribution in [0, 0.1) is 0 Å². The fraction of sp³-hybridized carbons (Fsp3) is 0.421. The Balaban J connectivity index is 1.65. The number of rotatable bonds is 5. The Morgan fingerprint density at radius 3 is 2.91 bits per heavy atom. The summed E-state index contributed by atoms with van der Waals surface area (Å²) in [5.74, 6) is 0. The number of anilines is 1. The molecule has 0 spiro atoms. The van der Waals surface area contributed by atoms with Gasteiger partial charge in [0, 0.05) is 36.6 Å². The fourth-order valence-electron chi connectivity index (χ4n) is 3.53. The van der Waals surface area contributed by atoms with Crippen LogP contribution in [0.3, 0.4) is 0 Å². The van der Waals surface area contributed by atoms with Gasteiger partial charge in [-0.05, 0) is 55.1 Å². The van der Waals surface area contributed by atoms with Crippen molar-refractivity contribution in [3.05, 3.63) is 59.4 Å². The SMILES string of the molecule is CCN(CCc1ccccn1)C1CCc2c(N)cccc2C1. The molecule has 1 atom stereocenters. The summed E-state index contributed by atoms with van der Waals surface area (Å²) in [6.07, 6.45) is 6.33. The summed E-state index contributed by atoms with van der Waals surface area (Å²) in [7, 11) is 0. The summed E-state index contributed by atoms with van der Waals surface area (Å²) >= 11 is 0. The summed E-state index contributed by atoms with van der Waals surface area (Å²) in [6, 6.07) is 13.1. The van der Waals surface area contributed by atoms with Crippen molar-refractivity contribution in [1.29, 1.82) is 0 Å². The Hall–Kier alpha value is -1.87. The molecule has 116 valence electrons. The number of likely N-dealkylation sites (N-methyl/N-ethyl adjacent to an activating group) is 1. The second-order valence-electron chi connectivity index (χ2n) is 6.08. The quantitative estimate of drug-likeness (QED) is 0.862. The number of hydrogen-bond donors (Lipinski definition) is 1. The highest BCUT2D eigenvalue weighted by Gasteiger charge is 2.24. The normalized spacial score (nSPS) is 17.5. The van der Waals surface area contributed by atoms with Gasteiger partial charge in [-0.1, -0.05) is 25.1 Å². The minimum absolute atomic E-state index is 0.628. The lowest BCUT2D eigenvalue weighted by atomic mass is 9.86. The number of aromatic nitrogens is 1. The maximum Gasteiger partial charge on any atom is 0.0416 e. The number of hydrogen-bond acceptors (Lipinski definition) is 3. The molecule has 0 aliphatic heterocycles. The van der Waals surface area contributed by atoms with E-state index in [1.807, 2.05) is 18.3 Å². The highest BCUT2D eigenvalue weighted by atomic mass is 15.1. The van der Waals surface area contributed by atoms with Crippen LogP contribution in [0.5, 0.6) is 0 Å². The van der Waals surface area contributed by atoms with Gasteiger partial charge < -0.3 is 5.73 Å². The van der Waals surface area contributed by atoms with Gasteiger partial charge in [0.1, 0.15) is 0 Å². The zero-order valence-corrected chi connectivity index (χ0v) is 13.3. The van der Waals surface area contributed by atoms with E-state index >= 15 is 0 Å². The Labute approximate surface area is 133 Å². The Morgan fingerprint density at radius 1 is 1.23 bits per heavy atom. The lowest BCUT2D eigenvalue weighted by Gasteiger charge is -2.35. The number of nitrogen functional groups attached to an aromatic ring is 1. The van der Waals surface area contributed by atoms with E-state index in [4.69, 9.17) is 5.73 Å². The van der Waals surface area contributed by atoms with Gasteiger partial charge in [0.15, 0.2) is 0 Å². The molecule has 0 fully saturated rings. The average molecular weight is 295 g/mol. The molecular formula is C19H25N3. The second-order valence-corrected chi connectivity index (χ2v) is 6.08. The Bertz CT molecular complexity index is 609. The molecule has 0 radical (unpaired) electrons. The lowest BCUT2D eigenvalue weighted by Crippen LogP contribution is -2.40. The molecule has 2 aromatic rings. The van der Waals surface area contributed by atoms with Crippen molar-refractivity contribution in [1.82, 2.24) is 9.88 Å². The number of nitrogens with two attached hydrogens (primary N) is 1. The van der Waals surface area contributed by atoms with Crippen LogP contribution >= 0.6 is 0 Å². The van der Waals surface area contributed by atoms with Crippen molar-refractivity contribution in [2.24, 2.45) is 0 Å². The molecule has 0 bridgehead atoms. The third-order valence-corrected chi connectivity index (χ3v) is 4.80. The molecule has 2 N–H and O–H groups in total. The monoisotopic (exact) mass is 295 g/mol. The smallest absolute Gasteiger partial charge is 0.0416 e. The van der Waals surface area contributed by atoms with E-state index in [2.05, 4.69) is 41.1 Å². The average Bonchev–Trinajstić information content (AvgIpc) is 2.56. The predicted molar refractivity (Wildman–Crippen MR) is 91.9 cm³/mol. The van der Waals surface area contributed by atoms with Crippen molar-refractivity contribution in [2.75, 3.05) is 18.8 Å². The first-order valence-electron chi connectivity index (χ1n) is 8.28. The number of nitrogens with zero attached hydrogens (tertiary/aromatic N) is 2. The molecule has 22 heavy (non-hydrogen) atoms. The van der Waals surface area contributed by atoms with Crippen LogP contribution in [0.2, 0.25) is 0 Å². The summed E-state index contributed by atoms with van der Waals surface area (Å²) in [5.41, 5.74) is 11.1. The van der Waals surface area contributed by atoms with Crippen molar-refractivity contribution in [3.8, 4) is 0 Å². The first-order valence-corrected chi connectivity index (χ1v) is 8.28. The summed E-state index contributed by atoms with van der Waals surface area (Å²) in [6.45, 7) is 4.43. The van der Waals surface area contributed by atoms with E-state index in [1.54, 1.807) is 0 Å². The van der Waals surface area contributed by atoms with E-state index in [1.165, 1.54) is 23.2 Å². The van der Waals surface area contributed by atoms with Crippen LogP contribution in [0.25, 0.3) is 0 Å². The first-order chi connectivity index (χ1) is 10.8. The second kappa shape index (κ2) is 6.93. The van der Waals surface area contributed by atoms with Crippen molar-refractivity contribution in [3.63, 3.8) is 0 Å². The fourth-order valence-corrected chi connectivity index (χ4v) is 3.53. The maximum absolute atomic E-state index is 6.11. The molecule has 0 saturated carbocycles. The molecule has 3 nitrogen and oxygen atoms in total. The van der Waals surface area contributed by atoms with E-state index in [-0.39, 0.29) is 0 Å². The number of benzene rings is 1. The van der Waals surface area contributed by atoms with Gasteiger partial charge in [-0.2, -0.15) is 0 Å². The third-order valence-electron chi connectivity index (χ3n) is 4.80. The van der Waals surface area contributed by atoms with Gasteiger partial charge in [0.05, 0.1) is 0 Å². The first kappa shape index (κ1) is 15.0. The van der Waals surface area contributed by atoms with E-state index in [0.717, 1.165) is 38.0 Å². The predicted octanol–water partition coefficient (Wildman–Crippen LogP) is 3.09. The zero-order valence-electron chi connectivity index (χ0n) is 13.3. The molecular weight excluding hydrogens is 270 g/mol. The largest absolute Gasteiger partial charge is 0.398 e. The number of fused-ring (bicyclic) bond motifs is 1. The summed E-state index contributed by atoms with van der Waals surface area (Å²) < 4.78 is 0. The number of pyridine rings is 1. The van der Waals surface area contributed by atoms with Crippen LogP contribution in [0.4, 0.5) is 5.69 Å². The minimum Gasteiger partial charge on any atom is -0.398 e. The van der Waals surface area contributed by atoms with Gasteiger partial charge in [-0.3, -0.25) is 9.88 Å². The van der Waals surface area contributed by atoms with Gasteiger partial charge in [-0.15, -0.1) is 0 Å². The highest BCUT2D eigenvalue weighted by molar-refractivity contribution is 5.52. The third kappa shape index (κ3) is 3.30. The molecule has 1 aromatic carbocycles. The lowest BCUT2D eigenvalue weighted by molar-refractivity contribution is 0.190. The van der Waals surface area contributed by atoms with Crippen molar-refractivity contribution in [2.45, 2.75) is 38.6 Å². The molecule has 3 rings (SSSR count). The van der Waals surface area contributed by atoms with Crippen molar-refractivity contribution >= 4 is 5.69 Å². The van der Waals surface area contributed by atoms with E-state index in [9.17, 15) is 0 Å².